The number of benzene rings is 2. The van der Waals surface area contributed by atoms with E-state index in [0.29, 0.717) is 0 Å². The average molecular weight is 341 g/mol. The third-order valence-corrected chi connectivity index (χ3v) is 4.71. The second-order valence-electron chi connectivity index (χ2n) is 6.34. The summed E-state index contributed by atoms with van der Waals surface area (Å²) in [5.74, 6) is -0.0977. The summed E-state index contributed by atoms with van der Waals surface area (Å²) in [4.78, 5) is 16.8. The van der Waals surface area contributed by atoms with Crippen molar-refractivity contribution in [3.05, 3.63) is 65.5 Å². The van der Waals surface area contributed by atoms with Crippen molar-refractivity contribution in [1.29, 1.82) is 0 Å². The molecule has 25 heavy (non-hydrogen) atoms. The zero-order valence-electron chi connectivity index (χ0n) is 14.5. The van der Waals surface area contributed by atoms with E-state index in [1.54, 1.807) is 0 Å². The van der Waals surface area contributed by atoms with Crippen LogP contribution < -0.4 is 5.32 Å². The van der Waals surface area contributed by atoms with E-state index in [1.165, 1.54) is 12.1 Å². The van der Waals surface area contributed by atoms with Crippen molar-refractivity contribution in [1.82, 2.24) is 9.80 Å². The maximum Gasteiger partial charge on any atom is 0.253 e. The summed E-state index contributed by atoms with van der Waals surface area (Å²) in [7, 11) is 1.86. The molecule has 3 rings (SSSR count). The van der Waals surface area contributed by atoms with Gasteiger partial charge in [-0.15, -0.1) is 0 Å². The molecule has 5 heteroatoms. The lowest BCUT2D eigenvalue weighted by Crippen LogP contribution is -2.49. The molecule has 0 unspecified atom stereocenters. The first kappa shape index (κ1) is 17.4. The predicted octanol–water partition coefficient (Wildman–Crippen LogP) is 2.87. The van der Waals surface area contributed by atoms with Crippen LogP contribution in [0.15, 0.2) is 48.5 Å². The van der Waals surface area contributed by atoms with Crippen LogP contribution in [0.3, 0.4) is 0 Å². The van der Waals surface area contributed by atoms with Crippen molar-refractivity contribution in [2.24, 2.45) is 0 Å². The van der Waals surface area contributed by atoms with Crippen LogP contribution >= 0.6 is 0 Å². The largest absolute Gasteiger partial charge is 0.388 e. The summed E-state index contributed by atoms with van der Waals surface area (Å²) < 4.78 is 12.9. The second kappa shape index (κ2) is 8.12. The normalized spacial score (nSPS) is 15.2. The molecule has 132 valence electrons. The van der Waals surface area contributed by atoms with Crippen LogP contribution in [-0.4, -0.2) is 55.5 Å². The Balaban J connectivity index is 1.47. The van der Waals surface area contributed by atoms with Crippen molar-refractivity contribution < 1.29 is 9.18 Å². The molecule has 0 aliphatic carbocycles. The van der Waals surface area contributed by atoms with Crippen molar-refractivity contribution in [2.75, 3.05) is 45.1 Å². The van der Waals surface area contributed by atoms with Gasteiger partial charge >= 0.3 is 0 Å². The molecule has 0 aromatic heterocycles. The summed E-state index contributed by atoms with van der Waals surface area (Å²) in [6.07, 6.45) is 0.902. The molecule has 1 aliphatic rings. The number of halogens is 1. The van der Waals surface area contributed by atoms with Crippen LogP contribution in [0, 0.1) is 5.82 Å². The number of hydrogen-bond donors (Lipinski definition) is 1. The molecule has 1 saturated heterocycles. The number of nitrogens with one attached hydrogen (secondary N) is 1. The number of rotatable bonds is 5. The monoisotopic (exact) mass is 341 g/mol. The zero-order chi connectivity index (χ0) is 17.6. The van der Waals surface area contributed by atoms with Gasteiger partial charge in [-0.1, -0.05) is 12.1 Å². The number of piperazine rings is 1. The molecule has 0 spiro atoms. The summed E-state index contributed by atoms with van der Waals surface area (Å²) in [5, 5.41) is 3.06. The Hall–Kier alpha value is -2.40. The fourth-order valence-electron chi connectivity index (χ4n) is 3.07. The van der Waals surface area contributed by atoms with Gasteiger partial charge in [-0.25, -0.2) is 4.39 Å². The molecular formula is C20H24FN3O. The zero-order valence-corrected chi connectivity index (χ0v) is 14.5. The third kappa shape index (κ3) is 4.57. The molecule has 1 aliphatic heterocycles. The second-order valence-corrected chi connectivity index (χ2v) is 6.34. The van der Waals surface area contributed by atoms with E-state index >= 15 is 0 Å². The highest BCUT2D eigenvalue weighted by atomic mass is 19.1. The standard InChI is InChI=1S/C20H24FN3O/c1-22-19-8-4-17(5-9-19)20(25)24-14-12-23(13-15-24)11-10-16-2-6-18(21)7-3-16/h2-9,22H,10-15H2,1H3. The van der Waals surface area contributed by atoms with Crippen molar-refractivity contribution in [3.63, 3.8) is 0 Å². The SMILES string of the molecule is CNc1ccc(C(=O)N2CCN(CCc3ccc(F)cc3)CC2)cc1. The molecular weight excluding hydrogens is 317 g/mol. The maximum absolute atomic E-state index is 12.9. The van der Waals surface area contributed by atoms with Crippen molar-refractivity contribution in [2.45, 2.75) is 6.42 Å². The number of carbonyl (C=O) groups excluding carboxylic acids is 1. The number of hydrogen-bond acceptors (Lipinski definition) is 3. The molecule has 1 heterocycles. The van der Waals surface area contributed by atoms with E-state index in [9.17, 15) is 9.18 Å². The van der Waals surface area contributed by atoms with E-state index in [4.69, 9.17) is 0 Å². The minimum absolute atomic E-state index is 0.0980. The van der Waals surface area contributed by atoms with E-state index in [0.717, 1.165) is 56.0 Å². The van der Waals surface area contributed by atoms with Gasteiger partial charge in [0.2, 0.25) is 0 Å². The van der Waals surface area contributed by atoms with Crippen molar-refractivity contribution in [3.8, 4) is 0 Å². The third-order valence-electron chi connectivity index (χ3n) is 4.71. The Bertz CT molecular complexity index is 692. The lowest BCUT2D eigenvalue weighted by molar-refractivity contribution is 0.0638. The smallest absolute Gasteiger partial charge is 0.253 e. The van der Waals surface area contributed by atoms with Crippen molar-refractivity contribution >= 4 is 11.6 Å². The molecule has 0 atom stereocenters. The first-order chi connectivity index (χ1) is 12.2. The number of nitrogens with zero attached hydrogens (tertiary/aromatic N) is 2. The molecule has 1 fully saturated rings. The minimum atomic E-state index is -0.196. The van der Waals surface area contributed by atoms with Gasteiger partial charge in [-0.2, -0.15) is 0 Å². The molecule has 0 radical (unpaired) electrons. The molecule has 2 aromatic rings. The fourth-order valence-corrected chi connectivity index (χ4v) is 3.07. The molecule has 0 bridgehead atoms. The Kier molecular flexibility index (Phi) is 5.66. The highest BCUT2D eigenvalue weighted by molar-refractivity contribution is 5.94. The van der Waals surface area contributed by atoms with Gasteiger partial charge in [0.1, 0.15) is 5.82 Å². The Morgan fingerprint density at radius 3 is 2.24 bits per heavy atom. The van der Waals surface area contributed by atoms with Gasteiger partial charge < -0.3 is 10.2 Å². The Labute approximate surface area is 148 Å². The summed E-state index contributed by atoms with van der Waals surface area (Å²) >= 11 is 0. The fraction of sp³-hybridized carbons (Fsp3) is 0.350. The van der Waals surface area contributed by atoms with E-state index in [-0.39, 0.29) is 11.7 Å². The lowest BCUT2D eigenvalue weighted by Gasteiger charge is -2.34. The van der Waals surface area contributed by atoms with Crippen LogP contribution in [0.1, 0.15) is 15.9 Å². The van der Waals surface area contributed by atoms with E-state index in [1.807, 2.05) is 48.3 Å². The number of amides is 1. The van der Waals surface area contributed by atoms with Crippen LogP contribution in [0.25, 0.3) is 0 Å². The van der Waals surface area contributed by atoms with Gasteiger partial charge in [0.15, 0.2) is 0 Å². The molecule has 1 N–H and O–H groups in total. The highest BCUT2D eigenvalue weighted by Crippen LogP contribution is 2.13. The van der Waals surface area contributed by atoms with Crippen LogP contribution in [0.2, 0.25) is 0 Å². The van der Waals surface area contributed by atoms with Gasteiger partial charge in [-0.3, -0.25) is 9.69 Å². The van der Waals surface area contributed by atoms with Gasteiger partial charge in [0.25, 0.3) is 5.91 Å². The quantitative estimate of drug-likeness (QED) is 0.908. The Morgan fingerprint density at radius 2 is 1.64 bits per heavy atom. The van der Waals surface area contributed by atoms with Crippen LogP contribution in [0.4, 0.5) is 10.1 Å². The number of carbonyl (C=O) groups is 1. The minimum Gasteiger partial charge on any atom is -0.388 e. The first-order valence-electron chi connectivity index (χ1n) is 8.69. The highest BCUT2D eigenvalue weighted by Gasteiger charge is 2.21. The topological polar surface area (TPSA) is 35.6 Å². The summed E-state index contributed by atoms with van der Waals surface area (Å²) in [6.45, 7) is 4.18. The predicted molar refractivity (Wildman–Crippen MR) is 98.4 cm³/mol. The van der Waals surface area contributed by atoms with Crippen LogP contribution in [-0.2, 0) is 6.42 Å². The summed E-state index contributed by atoms with van der Waals surface area (Å²) in [5.41, 5.74) is 2.88. The maximum atomic E-state index is 12.9. The molecule has 2 aromatic carbocycles. The number of anilines is 1. The first-order valence-corrected chi connectivity index (χ1v) is 8.69. The molecule has 1 amide bonds. The molecule has 0 saturated carbocycles. The lowest BCUT2D eigenvalue weighted by atomic mass is 10.1. The van der Waals surface area contributed by atoms with E-state index in [2.05, 4.69) is 10.2 Å². The molecule has 4 nitrogen and oxygen atoms in total. The van der Waals surface area contributed by atoms with Gasteiger partial charge in [0.05, 0.1) is 0 Å². The van der Waals surface area contributed by atoms with Gasteiger partial charge in [-0.05, 0) is 48.4 Å². The van der Waals surface area contributed by atoms with Gasteiger partial charge in [0, 0.05) is 51.0 Å². The summed E-state index contributed by atoms with van der Waals surface area (Å²) in [6, 6.07) is 14.3. The van der Waals surface area contributed by atoms with E-state index < -0.39 is 0 Å². The average Bonchev–Trinajstić information content (AvgIpc) is 2.67. The Morgan fingerprint density at radius 1 is 1.00 bits per heavy atom. The van der Waals surface area contributed by atoms with Crippen LogP contribution in [0.5, 0.6) is 0 Å².